The lowest BCUT2D eigenvalue weighted by atomic mass is 10.0. The van der Waals surface area contributed by atoms with Crippen LogP contribution >= 0.6 is 0 Å². The van der Waals surface area contributed by atoms with Gasteiger partial charge < -0.3 is 20.9 Å². The first kappa shape index (κ1) is 11.2. The predicted molar refractivity (Wildman–Crippen MR) is 62.4 cm³/mol. The molecule has 4 nitrogen and oxygen atoms in total. The van der Waals surface area contributed by atoms with Crippen molar-refractivity contribution >= 4 is 0 Å². The van der Waals surface area contributed by atoms with Crippen LogP contribution in [0.2, 0.25) is 0 Å². The van der Waals surface area contributed by atoms with Gasteiger partial charge in [-0.25, -0.2) is 0 Å². The third kappa shape index (κ3) is 2.46. The summed E-state index contributed by atoms with van der Waals surface area (Å²) in [6.45, 7) is 2.29. The maximum atomic E-state index is 6.09. The Morgan fingerprint density at radius 2 is 1.94 bits per heavy atom. The summed E-state index contributed by atoms with van der Waals surface area (Å²) in [5, 5.41) is 0. The Labute approximate surface area is 95.5 Å². The molecule has 1 aromatic rings. The van der Waals surface area contributed by atoms with Crippen LogP contribution in [0.25, 0.3) is 0 Å². The average molecular weight is 222 g/mol. The van der Waals surface area contributed by atoms with Gasteiger partial charge in [0.2, 0.25) is 6.79 Å². The zero-order chi connectivity index (χ0) is 11.5. The summed E-state index contributed by atoms with van der Waals surface area (Å²) >= 11 is 0. The molecule has 1 aliphatic rings. The average Bonchev–Trinajstić information content (AvgIpc) is 2.72. The van der Waals surface area contributed by atoms with Crippen LogP contribution in [-0.4, -0.2) is 12.8 Å². The molecule has 1 heterocycles. The van der Waals surface area contributed by atoms with Crippen LogP contribution in [0.4, 0.5) is 0 Å². The van der Waals surface area contributed by atoms with Gasteiger partial charge in [-0.05, 0) is 37.5 Å². The Morgan fingerprint density at radius 3 is 2.69 bits per heavy atom. The molecular weight excluding hydrogens is 204 g/mol. The lowest BCUT2D eigenvalue weighted by Gasteiger charge is -2.13. The quantitative estimate of drug-likeness (QED) is 0.810. The first-order valence-corrected chi connectivity index (χ1v) is 5.57. The molecule has 4 heteroatoms. The highest BCUT2D eigenvalue weighted by Crippen LogP contribution is 2.34. The summed E-state index contributed by atoms with van der Waals surface area (Å²) in [6, 6.07) is 6.05. The van der Waals surface area contributed by atoms with Gasteiger partial charge in [0.25, 0.3) is 0 Å². The van der Waals surface area contributed by atoms with Crippen LogP contribution in [0, 0.1) is 0 Å². The van der Waals surface area contributed by atoms with Crippen molar-refractivity contribution in [2.45, 2.75) is 31.8 Å². The van der Waals surface area contributed by atoms with Crippen LogP contribution in [0.15, 0.2) is 18.2 Å². The number of ether oxygens (including phenoxy) is 2. The van der Waals surface area contributed by atoms with E-state index in [-0.39, 0.29) is 12.1 Å². The van der Waals surface area contributed by atoms with Gasteiger partial charge in [-0.3, -0.25) is 0 Å². The summed E-state index contributed by atoms with van der Waals surface area (Å²) in [5.41, 5.74) is 12.9. The fourth-order valence-electron chi connectivity index (χ4n) is 1.75. The van der Waals surface area contributed by atoms with Crippen LogP contribution < -0.4 is 20.9 Å². The number of hydrogen-bond acceptors (Lipinski definition) is 4. The minimum Gasteiger partial charge on any atom is -0.454 e. The van der Waals surface area contributed by atoms with E-state index in [2.05, 4.69) is 0 Å². The van der Waals surface area contributed by atoms with E-state index in [1.165, 1.54) is 0 Å². The second-order valence-corrected chi connectivity index (χ2v) is 4.27. The lowest BCUT2D eigenvalue weighted by Crippen LogP contribution is -2.18. The first-order chi connectivity index (χ1) is 7.66. The summed E-state index contributed by atoms with van der Waals surface area (Å²) in [7, 11) is 0. The van der Waals surface area contributed by atoms with E-state index in [1.54, 1.807) is 0 Å². The molecule has 0 saturated heterocycles. The van der Waals surface area contributed by atoms with Crippen molar-refractivity contribution in [3.63, 3.8) is 0 Å². The molecular formula is C12H18N2O2. The molecule has 2 atom stereocenters. The second-order valence-electron chi connectivity index (χ2n) is 4.27. The summed E-state index contributed by atoms with van der Waals surface area (Å²) in [4.78, 5) is 0. The van der Waals surface area contributed by atoms with Gasteiger partial charge in [-0.1, -0.05) is 6.07 Å². The minimum atomic E-state index is 0.0144. The lowest BCUT2D eigenvalue weighted by molar-refractivity contribution is 0.174. The standard InChI is InChI=1S/C12H18N2O2/c1-8(13)2-4-10(14)9-3-5-11-12(6-9)16-7-15-11/h3,5-6,8,10H,2,4,7,13-14H2,1H3. The molecule has 0 radical (unpaired) electrons. The van der Waals surface area contributed by atoms with Gasteiger partial charge in [0.15, 0.2) is 11.5 Å². The Kier molecular flexibility index (Phi) is 3.31. The summed E-state index contributed by atoms with van der Waals surface area (Å²) in [6.07, 6.45) is 1.81. The van der Waals surface area contributed by atoms with E-state index in [9.17, 15) is 0 Å². The Hall–Kier alpha value is -1.26. The zero-order valence-electron chi connectivity index (χ0n) is 9.48. The monoisotopic (exact) mass is 222 g/mol. The molecule has 1 aliphatic heterocycles. The third-order valence-electron chi connectivity index (χ3n) is 2.76. The molecule has 88 valence electrons. The number of nitrogens with two attached hydrogens (primary N) is 2. The van der Waals surface area contributed by atoms with Crippen molar-refractivity contribution in [3.8, 4) is 11.5 Å². The van der Waals surface area contributed by atoms with Crippen LogP contribution in [0.3, 0.4) is 0 Å². The Morgan fingerprint density at radius 1 is 1.19 bits per heavy atom. The van der Waals surface area contributed by atoms with Gasteiger partial charge in [0, 0.05) is 12.1 Å². The predicted octanol–water partition coefficient (Wildman–Crippen LogP) is 1.54. The number of hydrogen-bond donors (Lipinski definition) is 2. The molecule has 0 saturated carbocycles. The molecule has 16 heavy (non-hydrogen) atoms. The molecule has 0 aromatic heterocycles. The molecule has 0 fully saturated rings. The third-order valence-corrected chi connectivity index (χ3v) is 2.76. The molecule has 2 unspecified atom stereocenters. The first-order valence-electron chi connectivity index (χ1n) is 5.57. The van der Waals surface area contributed by atoms with Crippen LogP contribution in [0.1, 0.15) is 31.4 Å². The molecule has 2 rings (SSSR count). The highest BCUT2D eigenvalue weighted by Gasteiger charge is 2.15. The molecule has 0 amide bonds. The minimum absolute atomic E-state index is 0.0144. The van der Waals surface area contributed by atoms with Crippen molar-refractivity contribution in [2.75, 3.05) is 6.79 Å². The van der Waals surface area contributed by atoms with Crippen LogP contribution in [-0.2, 0) is 0 Å². The topological polar surface area (TPSA) is 70.5 Å². The fraction of sp³-hybridized carbons (Fsp3) is 0.500. The Bertz CT molecular complexity index is 366. The fourth-order valence-corrected chi connectivity index (χ4v) is 1.75. The second kappa shape index (κ2) is 4.72. The molecule has 0 aliphatic carbocycles. The van der Waals surface area contributed by atoms with Crippen molar-refractivity contribution in [1.29, 1.82) is 0 Å². The number of rotatable bonds is 4. The van der Waals surface area contributed by atoms with E-state index >= 15 is 0 Å². The van der Waals surface area contributed by atoms with Gasteiger partial charge >= 0.3 is 0 Å². The molecule has 1 aromatic carbocycles. The van der Waals surface area contributed by atoms with E-state index in [0.29, 0.717) is 6.79 Å². The SMILES string of the molecule is CC(N)CCC(N)c1ccc2c(c1)OCO2. The normalized spacial score (nSPS) is 17.2. The molecule has 4 N–H and O–H groups in total. The van der Waals surface area contributed by atoms with E-state index in [1.807, 2.05) is 25.1 Å². The molecule has 0 bridgehead atoms. The van der Waals surface area contributed by atoms with Crippen LogP contribution in [0.5, 0.6) is 11.5 Å². The maximum absolute atomic E-state index is 6.09. The van der Waals surface area contributed by atoms with Gasteiger partial charge in [0.05, 0.1) is 0 Å². The van der Waals surface area contributed by atoms with Gasteiger partial charge in [-0.15, -0.1) is 0 Å². The maximum Gasteiger partial charge on any atom is 0.231 e. The highest BCUT2D eigenvalue weighted by molar-refractivity contribution is 5.45. The van der Waals surface area contributed by atoms with E-state index in [0.717, 1.165) is 29.9 Å². The number of fused-ring (bicyclic) bond motifs is 1. The summed E-state index contributed by atoms with van der Waals surface area (Å²) < 4.78 is 10.6. The summed E-state index contributed by atoms with van der Waals surface area (Å²) in [5.74, 6) is 1.58. The van der Waals surface area contributed by atoms with E-state index < -0.39 is 0 Å². The Balaban J connectivity index is 2.03. The largest absolute Gasteiger partial charge is 0.454 e. The molecule has 0 spiro atoms. The van der Waals surface area contributed by atoms with Crippen molar-refractivity contribution in [2.24, 2.45) is 11.5 Å². The van der Waals surface area contributed by atoms with Gasteiger partial charge in [0.1, 0.15) is 0 Å². The van der Waals surface area contributed by atoms with Crippen molar-refractivity contribution in [1.82, 2.24) is 0 Å². The number of benzene rings is 1. The van der Waals surface area contributed by atoms with Crippen molar-refractivity contribution < 1.29 is 9.47 Å². The smallest absolute Gasteiger partial charge is 0.231 e. The highest BCUT2D eigenvalue weighted by atomic mass is 16.7. The zero-order valence-corrected chi connectivity index (χ0v) is 9.48. The van der Waals surface area contributed by atoms with Gasteiger partial charge in [-0.2, -0.15) is 0 Å². The van der Waals surface area contributed by atoms with E-state index in [4.69, 9.17) is 20.9 Å². The van der Waals surface area contributed by atoms with Crippen molar-refractivity contribution in [3.05, 3.63) is 23.8 Å².